The molecule has 268 valence electrons. The Morgan fingerprint density at radius 2 is 1.13 bits per heavy atom. The highest BCUT2D eigenvalue weighted by molar-refractivity contribution is 5.86. The molecular formula is C44H43FO7. The van der Waals surface area contributed by atoms with Crippen molar-refractivity contribution in [2.75, 3.05) is 6.61 Å². The predicted molar refractivity (Wildman–Crippen MR) is 197 cm³/mol. The Bertz CT molecular complexity index is 1870. The van der Waals surface area contributed by atoms with Gasteiger partial charge in [-0.2, -0.15) is 0 Å². The normalized spacial score (nSPS) is 20.2. The summed E-state index contributed by atoms with van der Waals surface area (Å²) in [7, 11) is 0. The van der Waals surface area contributed by atoms with E-state index in [0.717, 1.165) is 28.3 Å². The molecule has 1 fully saturated rings. The summed E-state index contributed by atoms with van der Waals surface area (Å²) in [6.07, 6.45) is -1.27. The predicted octanol–water partition coefficient (Wildman–Crippen LogP) is 8.64. The second-order valence-electron chi connectivity index (χ2n) is 12.8. The van der Waals surface area contributed by atoms with E-state index in [4.69, 9.17) is 23.7 Å². The summed E-state index contributed by atoms with van der Waals surface area (Å²) in [5.74, 6) is -1.60. The Morgan fingerprint density at radius 3 is 1.63 bits per heavy atom. The van der Waals surface area contributed by atoms with Gasteiger partial charge in [-0.25, -0.2) is 9.18 Å². The van der Waals surface area contributed by atoms with Gasteiger partial charge in [-0.05, 0) is 64.1 Å². The summed E-state index contributed by atoms with van der Waals surface area (Å²) < 4.78 is 48.9. The van der Waals surface area contributed by atoms with E-state index < -0.39 is 42.3 Å². The number of carbonyl (C=O) groups is 1. The third-order valence-corrected chi connectivity index (χ3v) is 8.97. The Kier molecular flexibility index (Phi) is 13.1. The number of aryl methyl sites for hydroxylation is 1. The van der Waals surface area contributed by atoms with Crippen molar-refractivity contribution < 1.29 is 38.0 Å². The van der Waals surface area contributed by atoms with Crippen LogP contribution < -0.4 is 0 Å². The Hall–Kier alpha value is -4.96. The summed E-state index contributed by atoms with van der Waals surface area (Å²) in [5.41, 5.74) is 5.38. The molecule has 5 aromatic rings. The van der Waals surface area contributed by atoms with Crippen molar-refractivity contribution in [3.63, 3.8) is 0 Å². The van der Waals surface area contributed by atoms with Crippen molar-refractivity contribution in [1.82, 2.24) is 0 Å². The van der Waals surface area contributed by atoms with Gasteiger partial charge in [0.25, 0.3) is 0 Å². The second kappa shape index (κ2) is 18.5. The van der Waals surface area contributed by atoms with E-state index in [0.29, 0.717) is 23.3 Å². The van der Waals surface area contributed by atoms with Crippen LogP contribution in [0.3, 0.4) is 0 Å². The molecule has 5 atom stereocenters. The molecule has 0 spiro atoms. The molecule has 6 rings (SSSR count). The maximum Gasteiger partial charge on any atom is 0.328 e. The fourth-order valence-electron chi connectivity index (χ4n) is 6.44. The van der Waals surface area contributed by atoms with Crippen molar-refractivity contribution in [1.29, 1.82) is 0 Å². The van der Waals surface area contributed by atoms with E-state index in [-0.39, 0.29) is 26.4 Å². The van der Waals surface area contributed by atoms with Gasteiger partial charge in [-0.1, -0.05) is 121 Å². The molecule has 1 saturated heterocycles. The molecule has 0 saturated carbocycles. The lowest BCUT2D eigenvalue weighted by atomic mass is 9.87. The first kappa shape index (κ1) is 36.8. The van der Waals surface area contributed by atoms with Crippen molar-refractivity contribution in [3.05, 3.63) is 184 Å². The first-order valence-corrected chi connectivity index (χ1v) is 17.4. The molecule has 0 aliphatic carbocycles. The number of aliphatic carboxylic acids is 1. The molecule has 1 aliphatic heterocycles. The van der Waals surface area contributed by atoms with Crippen LogP contribution in [-0.2, 0) is 54.9 Å². The summed E-state index contributed by atoms with van der Waals surface area (Å²) in [6.45, 7) is 2.96. The molecule has 1 N–H and O–H groups in total. The fraction of sp³-hybridized carbons (Fsp3) is 0.250. The lowest BCUT2D eigenvalue weighted by Crippen LogP contribution is -2.58. The van der Waals surface area contributed by atoms with E-state index in [1.807, 2.05) is 121 Å². The first-order chi connectivity index (χ1) is 25.4. The van der Waals surface area contributed by atoms with E-state index in [9.17, 15) is 9.90 Å². The van der Waals surface area contributed by atoms with Crippen molar-refractivity contribution in [3.8, 4) is 0 Å². The van der Waals surface area contributed by atoms with Gasteiger partial charge in [0, 0.05) is 6.08 Å². The van der Waals surface area contributed by atoms with Crippen LogP contribution in [0.15, 0.2) is 140 Å². The molecule has 0 radical (unpaired) electrons. The Balaban J connectivity index is 1.43. The standard InChI is InChI=1S/C44H43FO7/c1-31-24-36(45)25-38(37(31)22-23-40(46)47)41-43(50-28-34-18-10-4-11-19-34)44(51-29-35-20-12-5-13-21-35)42(49-27-33-16-8-3-9-17-33)39(52-41)30-48-26-32-14-6-2-7-15-32/h2-25,39,41-44H,26-30H2,1H3,(H,46,47)/b23-22+/t39-,41-,42-,43-,44+/m1/s1. The summed E-state index contributed by atoms with van der Waals surface area (Å²) >= 11 is 0. The highest BCUT2D eigenvalue weighted by Gasteiger charge is 2.49. The maximum atomic E-state index is 15.4. The van der Waals surface area contributed by atoms with Crippen LogP contribution in [0.25, 0.3) is 6.08 Å². The molecule has 1 aliphatic rings. The smallest absolute Gasteiger partial charge is 0.328 e. The summed E-state index contributed by atoms with van der Waals surface area (Å²) in [4.78, 5) is 11.7. The molecule has 0 amide bonds. The molecule has 7 nitrogen and oxygen atoms in total. The minimum absolute atomic E-state index is 0.135. The Morgan fingerprint density at radius 1 is 0.673 bits per heavy atom. The number of ether oxygens (including phenoxy) is 5. The SMILES string of the molecule is Cc1cc(F)cc([C@H]2O[C@H](COCc3ccccc3)[C@@H](OCc3ccccc3)[C@H](OCc3ccccc3)[C@@H]2OCc2ccccc2)c1/C=C/C(=O)O. The summed E-state index contributed by atoms with van der Waals surface area (Å²) in [6, 6.07) is 42.0. The fourth-order valence-corrected chi connectivity index (χ4v) is 6.44. The van der Waals surface area contributed by atoms with E-state index >= 15 is 4.39 Å². The molecule has 1 heterocycles. The van der Waals surface area contributed by atoms with Crippen LogP contribution in [0.2, 0.25) is 0 Å². The topological polar surface area (TPSA) is 83.5 Å². The van der Waals surface area contributed by atoms with Gasteiger partial charge in [-0.3, -0.25) is 0 Å². The number of hydrogen-bond donors (Lipinski definition) is 1. The number of halogens is 1. The quantitative estimate of drug-likeness (QED) is 0.103. The van der Waals surface area contributed by atoms with Crippen LogP contribution in [0, 0.1) is 12.7 Å². The van der Waals surface area contributed by atoms with Crippen LogP contribution in [0.5, 0.6) is 0 Å². The first-order valence-electron chi connectivity index (χ1n) is 17.4. The molecule has 52 heavy (non-hydrogen) atoms. The zero-order chi connectivity index (χ0) is 36.1. The zero-order valence-electron chi connectivity index (χ0n) is 29.1. The number of hydrogen-bond acceptors (Lipinski definition) is 6. The minimum Gasteiger partial charge on any atom is -0.478 e. The lowest BCUT2D eigenvalue weighted by Gasteiger charge is -2.47. The van der Waals surface area contributed by atoms with Crippen LogP contribution >= 0.6 is 0 Å². The average Bonchev–Trinajstić information content (AvgIpc) is 3.16. The van der Waals surface area contributed by atoms with Gasteiger partial charge in [0.2, 0.25) is 0 Å². The molecule has 0 unspecified atom stereocenters. The van der Waals surface area contributed by atoms with Gasteiger partial charge in [-0.15, -0.1) is 0 Å². The van der Waals surface area contributed by atoms with Gasteiger partial charge in [0.1, 0.15) is 36.3 Å². The van der Waals surface area contributed by atoms with Gasteiger partial charge in [0.05, 0.1) is 33.0 Å². The van der Waals surface area contributed by atoms with Gasteiger partial charge < -0.3 is 28.8 Å². The second-order valence-corrected chi connectivity index (χ2v) is 12.8. The highest BCUT2D eigenvalue weighted by atomic mass is 19.1. The molecule has 5 aromatic carbocycles. The number of rotatable bonds is 16. The third-order valence-electron chi connectivity index (χ3n) is 8.97. The number of benzene rings is 5. The molecule has 8 heteroatoms. The lowest BCUT2D eigenvalue weighted by molar-refractivity contribution is -0.275. The maximum absolute atomic E-state index is 15.4. The van der Waals surface area contributed by atoms with Crippen LogP contribution in [0.1, 0.15) is 45.0 Å². The minimum atomic E-state index is -1.12. The zero-order valence-corrected chi connectivity index (χ0v) is 29.1. The van der Waals surface area contributed by atoms with E-state index in [1.54, 1.807) is 6.92 Å². The van der Waals surface area contributed by atoms with Crippen LogP contribution in [0.4, 0.5) is 4.39 Å². The summed E-state index contributed by atoms with van der Waals surface area (Å²) in [5, 5.41) is 9.56. The van der Waals surface area contributed by atoms with Gasteiger partial charge in [0.15, 0.2) is 0 Å². The highest BCUT2D eigenvalue weighted by Crippen LogP contribution is 2.41. The van der Waals surface area contributed by atoms with Gasteiger partial charge >= 0.3 is 5.97 Å². The largest absolute Gasteiger partial charge is 0.478 e. The molecule has 0 aromatic heterocycles. The number of carboxylic acids is 1. The Labute approximate surface area is 304 Å². The van der Waals surface area contributed by atoms with Crippen molar-refractivity contribution >= 4 is 12.0 Å². The van der Waals surface area contributed by atoms with Crippen molar-refractivity contribution in [2.45, 2.75) is 63.9 Å². The van der Waals surface area contributed by atoms with Crippen molar-refractivity contribution in [2.24, 2.45) is 0 Å². The molecule has 0 bridgehead atoms. The molecular weight excluding hydrogens is 659 g/mol. The average molecular weight is 703 g/mol. The van der Waals surface area contributed by atoms with E-state index in [2.05, 4.69) is 0 Å². The number of carboxylic acid groups (broad SMARTS) is 1. The van der Waals surface area contributed by atoms with E-state index in [1.165, 1.54) is 18.2 Å². The monoisotopic (exact) mass is 702 g/mol. The third kappa shape index (κ3) is 10.1. The van der Waals surface area contributed by atoms with Crippen LogP contribution in [-0.4, -0.2) is 42.1 Å².